The van der Waals surface area contributed by atoms with E-state index >= 15 is 0 Å². The standard InChI is InChI=1S/C13H21NO/c1-4-9-14-12(15)13(10-11(2)3)7-5-6-8-13/h1,11H,5-10H2,2-3H3,(H,14,15). The lowest BCUT2D eigenvalue weighted by Gasteiger charge is -2.29. The largest absolute Gasteiger partial charge is 0.345 e. The highest BCUT2D eigenvalue weighted by atomic mass is 16.2. The zero-order valence-corrected chi connectivity index (χ0v) is 9.81. The van der Waals surface area contributed by atoms with Gasteiger partial charge in [0.1, 0.15) is 0 Å². The first-order valence-corrected chi connectivity index (χ1v) is 5.82. The second-order valence-corrected chi connectivity index (χ2v) is 4.97. The lowest BCUT2D eigenvalue weighted by molar-refractivity contribution is -0.131. The van der Waals surface area contributed by atoms with Crippen LogP contribution in [0.3, 0.4) is 0 Å². The van der Waals surface area contributed by atoms with Gasteiger partial charge in [0.25, 0.3) is 0 Å². The molecular weight excluding hydrogens is 186 g/mol. The zero-order chi connectivity index (χ0) is 11.3. The molecule has 0 unspecified atom stereocenters. The molecule has 1 aliphatic rings. The summed E-state index contributed by atoms with van der Waals surface area (Å²) >= 11 is 0. The van der Waals surface area contributed by atoms with Gasteiger partial charge in [-0.05, 0) is 25.2 Å². The van der Waals surface area contributed by atoms with E-state index in [1.165, 1.54) is 12.8 Å². The fourth-order valence-corrected chi connectivity index (χ4v) is 2.68. The van der Waals surface area contributed by atoms with Crippen molar-refractivity contribution in [2.75, 3.05) is 6.54 Å². The summed E-state index contributed by atoms with van der Waals surface area (Å²) < 4.78 is 0. The van der Waals surface area contributed by atoms with E-state index in [2.05, 4.69) is 25.1 Å². The lowest BCUT2D eigenvalue weighted by Crippen LogP contribution is -2.40. The number of terminal acetylenes is 1. The normalized spacial score (nSPS) is 18.8. The molecule has 0 saturated heterocycles. The molecular formula is C13H21NO. The molecule has 0 spiro atoms. The van der Waals surface area contributed by atoms with Crippen molar-refractivity contribution in [1.29, 1.82) is 0 Å². The van der Waals surface area contributed by atoms with Gasteiger partial charge in [-0.3, -0.25) is 4.79 Å². The summed E-state index contributed by atoms with van der Waals surface area (Å²) in [7, 11) is 0. The molecule has 0 aromatic carbocycles. The van der Waals surface area contributed by atoms with Crippen LogP contribution in [0.1, 0.15) is 46.0 Å². The predicted octanol–water partition coefficient (Wildman–Crippen LogP) is 2.34. The Labute approximate surface area is 92.8 Å². The van der Waals surface area contributed by atoms with Gasteiger partial charge < -0.3 is 5.32 Å². The van der Waals surface area contributed by atoms with E-state index in [1.807, 2.05) is 0 Å². The third kappa shape index (κ3) is 2.99. The topological polar surface area (TPSA) is 29.1 Å². The zero-order valence-electron chi connectivity index (χ0n) is 9.81. The molecule has 1 aliphatic carbocycles. The fourth-order valence-electron chi connectivity index (χ4n) is 2.68. The van der Waals surface area contributed by atoms with Gasteiger partial charge in [-0.25, -0.2) is 0 Å². The van der Waals surface area contributed by atoms with Crippen LogP contribution in [0.5, 0.6) is 0 Å². The van der Waals surface area contributed by atoms with Crippen LogP contribution in [0.25, 0.3) is 0 Å². The SMILES string of the molecule is C#CCNC(=O)C1(CC(C)C)CCCC1. The van der Waals surface area contributed by atoms with E-state index in [0.29, 0.717) is 12.5 Å². The molecule has 2 nitrogen and oxygen atoms in total. The second-order valence-electron chi connectivity index (χ2n) is 4.97. The van der Waals surface area contributed by atoms with E-state index < -0.39 is 0 Å². The van der Waals surface area contributed by atoms with E-state index in [-0.39, 0.29) is 11.3 Å². The maximum Gasteiger partial charge on any atom is 0.226 e. The second kappa shape index (κ2) is 5.21. The third-order valence-electron chi connectivity index (χ3n) is 3.19. The molecule has 0 heterocycles. The molecule has 84 valence electrons. The molecule has 0 atom stereocenters. The minimum atomic E-state index is -0.120. The smallest absolute Gasteiger partial charge is 0.226 e. The summed E-state index contributed by atoms with van der Waals surface area (Å²) in [5, 5.41) is 2.85. The third-order valence-corrected chi connectivity index (χ3v) is 3.19. The molecule has 0 bridgehead atoms. The van der Waals surface area contributed by atoms with E-state index in [9.17, 15) is 4.79 Å². The van der Waals surface area contributed by atoms with E-state index in [1.54, 1.807) is 0 Å². The van der Waals surface area contributed by atoms with Gasteiger partial charge in [0.05, 0.1) is 6.54 Å². The summed E-state index contributed by atoms with van der Waals surface area (Å²) in [6, 6.07) is 0. The van der Waals surface area contributed by atoms with Crippen LogP contribution < -0.4 is 5.32 Å². The van der Waals surface area contributed by atoms with Crippen molar-refractivity contribution in [3.8, 4) is 12.3 Å². The molecule has 1 amide bonds. The Morgan fingerprint density at radius 3 is 2.53 bits per heavy atom. The molecule has 2 heteroatoms. The molecule has 0 radical (unpaired) electrons. The van der Waals surface area contributed by atoms with Gasteiger partial charge in [0.15, 0.2) is 0 Å². The highest BCUT2D eigenvalue weighted by Crippen LogP contribution is 2.43. The van der Waals surface area contributed by atoms with Gasteiger partial charge in [-0.2, -0.15) is 0 Å². The van der Waals surface area contributed by atoms with Crippen molar-refractivity contribution >= 4 is 5.91 Å². The van der Waals surface area contributed by atoms with Crippen LogP contribution in [0.2, 0.25) is 0 Å². The molecule has 1 fully saturated rings. The average molecular weight is 207 g/mol. The maximum absolute atomic E-state index is 12.1. The Kier molecular flexibility index (Phi) is 4.20. The van der Waals surface area contributed by atoms with Crippen molar-refractivity contribution in [2.24, 2.45) is 11.3 Å². The monoisotopic (exact) mass is 207 g/mol. The van der Waals surface area contributed by atoms with Gasteiger partial charge in [0, 0.05) is 5.41 Å². The van der Waals surface area contributed by atoms with Crippen molar-refractivity contribution in [3.63, 3.8) is 0 Å². The Balaban J connectivity index is 2.64. The van der Waals surface area contributed by atoms with E-state index in [0.717, 1.165) is 19.3 Å². The summed E-state index contributed by atoms with van der Waals surface area (Å²) in [4.78, 5) is 12.1. The molecule has 0 aromatic rings. The first-order chi connectivity index (χ1) is 7.10. The van der Waals surface area contributed by atoms with Crippen molar-refractivity contribution < 1.29 is 4.79 Å². The number of nitrogens with one attached hydrogen (secondary N) is 1. The first-order valence-electron chi connectivity index (χ1n) is 5.82. The Morgan fingerprint density at radius 1 is 1.47 bits per heavy atom. The van der Waals surface area contributed by atoms with Crippen molar-refractivity contribution in [1.82, 2.24) is 5.32 Å². The fraction of sp³-hybridized carbons (Fsp3) is 0.769. The van der Waals surface area contributed by atoms with Crippen LogP contribution in [0, 0.1) is 23.7 Å². The van der Waals surface area contributed by atoms with Crippen LogP contribution in [-0.2, 0) is 4.79 Å². The quantitative estimate of drug-likeness (QED) is 0.704. The summed E-state index contributed by atoms with van der Waals surface area (Å²) in [6.45, 7) is 4.71. The molecule has 15 heavy (non-hydrogen) atoms. The Hall–Kier alpha value is -0.970. The lowest BCUT2D eigenvalue weighted by atomic mass is 9.77. The van der Waals surface area contributed by atoms with Crippen LogP contribution in [0.4, 0.5) is 0 Å². The summed E-state index contributed by atoms with van der Waals surface area (Å²) in [5.41, 5.74) is -0.120. The van der Waals surface area contributed by atoms with Crippen LogP contribution in [-0.4, -0.2) is 12.5 Å². The number of carbonyl (C=O) groups excluding carboxylic acids is 1. The van der Waals surface area contributed by atoms with Crippen molar-refractivity contribution in [3.05, 3.63) is 0 Å². The van der Waals surface area contributed by atoms with Crippen LogP contribution >= 0.6 is 0 Å². The van der Waals surface area contributed by atoms with E-state index in [4.69, 9.17) is 6.42 Å². The van der Waals surface area contributed by atoms with Crippen LogP contribution in [0.15, 0.2) is 0 Å². The number of hydrogen-bond acceptors (Lipinski definition) is 1. The molecule has 0 aromatic heterocycles. The molecule has 0 aliphatic heterocycles. The minimum absolute atomic E-state index is 0.120. The number of rotatable bonds is 4. The number of amides is 1. The van der Waals surface area contributed by atoms with Gasteiger partial charge in [-0.1, -0.05) is 32.6 Å². The Bertz CT molecular complexity index is 256. The van der Waals surface area contributed by atoms with Gasteiger partial charge in [-0.15, -0.1) is 6.42 Å². The minimum Gasteiger partial charge on any atom is -0.345 e. The maximum atomic E-state index is 12.1. The van der Waals surface area contributed by atoms with Gasteiger partial charge >= 0.3 is 0 Å². The number of hydrogen-bond donors (Lipinski definition) is 1. The molecule has 1 saturated carbocycles. The highest BCUT2D eigenvalue weighted by Gasteiger charge is 2.40. The summed E-state index contributed by atoms with van der Waals surface area (Å²) in [6.07, 6.45) is 10.6. The summed E-state index contributed by atoms with van der Waals surface area (Å²) in [5.74, 6) is 3.20. The molecule has 1 N–H and O–H groups in total. The highest BCUT2D eigenvalue weighted by molar-refractivity contribution is 5.83. The first kappa shape index (κ1) is 12.1. The van der Waals surface area contributed by atoms with Gasteiger partial charge in [0.2, 0.25) is 5.91 Å². The van der Waals surface area contributed by atoms with Crippen molar-refractivity contribution in [2.45, 2.75) is 46.0 Å². The molecule has 1 rings (SSSR count). The predicted molar refractivity (Wildman–Crippen MR) is 62.2 cm³/mol. The Morgan fingerprint density at radius 2 is 2.07 bits per heavy atom. The number of carbonyl (C=O) groups is 1. The average Bonchev–Trinajstić information content (AvgIpc) is 2.62.